The first-order chi connectivity index (χ1) is 5.94. The van der Waals surface area contributed by atoms with Gasteiger partial charge in [0.05, 0.1) is 5.92 Å². The van der Waals surface area contributed by atoms with E-state index in [-0.39, 0.29) is 24.1 Å². The minimum Gasteiger partial charge on any atom is -0.460 e. The number of carbonyl (C=O) groups excluding carboxylic acids is 1. The molecule has 0 aromatic heterocycles. The van der Waals surface area contributed by atoms with Gasteiger partial charge < -0.3 is 9.84 Å². The van der Waals surface area contributed by atoms with Crippen LogP contribution < -0.4 is 0 Å². The van der Waals surface area contributed by atoms with E-state index in [1.807, 2.05) is 20.8 Å². The zero-order chi connectivity index (χ0) is 10.1. The molecule has 3 heteroatoms. The van der Waals surface area contributed by atoms with Crippen molar-refractivity contribution in [2.24, 2.45) is 11.8 Å². The molecule has 1 saturated carbocycles. The van der Waals surface area contributed by atoms with Gasteiger partial charge in [0.15, 0.2) is 0 Å². The normalized spacial score (nSPS) is 27.1. The average Bonchev–Trinajstić information content (AvgIpc) is 2.64. The number of ether oxygens (including phenoxy) is 1. The number of hydrogen-bond donors (Lipinski definition) is 1. The topological polar surface area (TPSA) is 46.5 Å². The Morgan fingerprint density at radius 1 is 1.54 bits per heavy atom. The van der Waals surface area contributed by atoms with Gasteiger partial charge in [0.25, 0.3) is 0 Å². The van der Waals surface area contributed by atoms with E-state index < -0.39 is 0 Å². The second kappa shape index (κ2) is 3.66. The molecule has 13 heavy (non-hydrogen) atoms. The van der Waals surface area contributed by atoms with Crippen LogP contribution in [0.4, 0.5) is 0 Å². The maximum Gasteiger partial charge on any atom is 0.309 e. The summed E-state index contributed by atoms with van der Waals surface area (Å²) in [4.78, 5) is 11.4. The third-order valence-corrected chi connectivity index (χ3v) is 2.13. The summed E-state index contributed by atoms with van der Waals surface area (Å²) < 4.78 is 5.22. The molecule has 0 aromatic rings. The Morgan fingerprint density at radius 3 is 2.62 bits per heavy atom. The van der Waals surface area contributed by atoms with Crippen LogP contribution in [0.1, 0.15) is 33.6 Å². The van der Waals surface area contributed by atoms with Gasteiger partial charge in [-0.3, -0.25) is 4.79 Å². The zero-order valence-corrected chi connectivity index (χ0v) is 8.54. The summed E-state index contributed by atoms with van der Waals surface area (Å²) in [6, 6.07) is 0. The summed E-state index contributed by atoms with van der Waals surface area (Å²) in [6.45, 7) is 5.78. The second-order valence-electron chi connectivity index (χ2n) is 4.65. The van der Waals surface area contributed by atoms with E-state index in [1.54, 1.807) is 0 Å². The molecule has 0 bridgehead atoms. The minimum absolute atomic E-state index is 0.0476. The first-order valence-corrected chi connectivity index (χ1v) is 4.78. The highest BCUT2D eigenvalue weighted by Crippen LogP contribution is 2.42. The molecular weight excluding hydrogens is 168 g/mol. The van der Waals surface area contributed by atoms with Gasteiger partial charge in [-0.2, -0.15) is 0 Å². The van der Waals surface area contributed by atoms with Crippen molar-refractivity contribution < 1.29 is 14.6 Å². The van der Waals surface area contributed by atoms with E-state index in [4.69, 9.17) is 9.84 Å². The van der Waals surface area contributed by atoms with Gasteiger partial charge in [-0.05, 0) is 39.5 Å². The van der Waals surface area contributed by atoms with Crippen LogP contribution in [-0.2, 0) is 9.53 Å². The lowest BCUT2D eigenvalue weighted by molar-refractivity contribution is -0.156. The summed E-state index contributed by atoms with van der Waals surface area (Å²) in [5, 5.41) is 8.66. The van der Waals surface area contributed by atoms with Crippen molar-refractivity contribution in [3.63, 3.8) is 0 Å². The van der Waals surface area contributed by atoms with Gasteiger partial charge in [0.2, 0.25) is 0 Å². The molecule has 1 aliphatic carbocycles. The molecule has 0 aromatic carbocycles. The van der Waals surface area contributed by atoms with Gasteiger partial charge >= 0.3 is 5.97 Å². The lowest BCUT2D eigenvalue weighted by atomic mass is 10.2. The second-order valence-corrected chi connectivity index (χ2v) is 4.65. The lowest BCUT2D eigenvalue weighted by Crippen LogP contribution is -2.25. The average molecular weight is 186 g/mol. The molecule has 0 spiro atoms. The van der Waals surface area contributed by atoms with Crippen molar-refractivity contribution in [1.29, 1.82) is 0 Å². The summed E-state index contributed by atoms with van der Waals surface area (Å²) in [6.07, 6.45) is 1.61. The molecule has 0 heterocycles. The van der Waals surface area contributed by atoms with E-state index in [0.29, 0.717) is 5.92 Å². The highest BCUT2D eigenvalue weighted by molar-refractivity contribution is 5.76. The largest absolute Gasteiger partial charge is 0.460 e. The van der Waals surface area contributed by atoms with Crippen molar-refractivity contribution in [3.05, 3.63) is 0 Å². The molecule has 0 radical (unpaired) electrons. The van der Waals surface area contributed by atoms with Crippen LogP contribution >= 0.6 is 0 Å². The van der Waals surface area contributed by atoms with E-state index in [1.165, 1.54) is 0 Å². The van der Waals surface area contributed by atoms with Gasteiger partial charge in [-0.25, -0.2) is 0 Å². The van der Waals surface area contributed by atoms with Crippen LogP contribution in [-0.4, -0.2) is 23.3 Å². The summed E-state index contributed by atoms with van der Waals surface area (Å²) in [5.74, 6) is 0.303. The van der Waals surface area contributed by atoms with Gasteiger partial charge in [0.1, 0.15) is 5.60 Å². The van der Waals surface area contributed by atoms with Crippen LogP contribution in [0, 0.1) is 11.8 Å². The number of hydrogen-bond acceptors (Lipinski definition) is 3. The van der Waals surface area contributed by atoms with Crippen LogP contribution in [0.3, 0.4) is 0 Å². The lowest BCUT2D eigenvalue weighted by Gasteiger charge is -2.19. The van der Waals surface area contributed by atoms with Crippen molar-refractivity contribution >= 4 is 5.97 Å². The van der Waals surface area contributed by atoms with Crippen LogP contribution in [0.25, 0.3) is 0 Å². The molecule has 1 N–H and O–H groups in total. The van der Waals surface area contributed by atoms with Crippen molar-refractivity contribution in [2.45, 2.75) is 39.2 Å². The third-order valence-electron chi connectivity index (χ3n) is 2.13. The monoisotopic (exact) mass is 186 g/mol. The Kier molecular flexibility index (Phi) is 2.96. The van der Waals surface area contributed by atoms with Gasteiger partial charge in [-0.15, -0.1) is 0 Å². The first kappa shape index (κ1) is 10.5. The first-order valence-electron chi connectivity index (χ1n) is 4.78. The number of aliphatic hydroxyl groups excluding tert-OH is 1. The number of esters is 1. The van der Waals surface area contributed by atoms with Crippen molar-refractivity contribution in [2.75, 3.05) is 6.61 Å². The Hall–Kier alpha value is -0.570. The van der Waals surface area contributed by atoms with Crippen LogP contribution in [0.15, 0.2) is 0 Å². The number of aliphatic hydroxyl groups is 1. The molecule has 76 valence electrons. The Bertz CT molecular complexity index is 193. The summed E-state index contributed by atoms with van der Waals surface area (Å²) in [7, 11) is 0. The molecule has 0 saturated heterocycles. The van der Waals surface area contributed by atoms with Crippen LogP contribution in [0.5, 0.6) is 0 Å². The molecular formula is C10H18O3. The van der Waals surface area contributed by atoms with Gasteiger partial charge in [0, 0.05) is 6.61 Å². The fourth-order valence-electron chi connectivity index (χ4n) is 1.40. The Balaban J connectivity index is 2.28. The fourth-order valence-corrected chi connectivity index (χ4v) is 1.40. The smallest absolute Gasteiger partial charge is 0.309 e. The number of carbonyl (C=O) groups is 1. The number of rotatable bonds is 3. The minimum atomic E-state index is -0.385. The van der Waals surface area contributed by atoms with E-state index >= 15 is 0 Å². The van der Waals surface area contributed by atoms with Crippen LogP contribution in [0.2, 0.25) is 0 Å². The summed E-state index contributed by atoms with van der Waals surface area (Å²) >= 11 is 0. The van der Waals surface area contributed by atoms with E-state index in [2.05, 4.69) is 0 Å². The molecule has 0 unspecified atom stereocenters. The molecule has 1 fully saturated rings. The highest BCUT2D eigenvalue weighted by Gasteiger charge is 2.44. The van der Waals surface area contributed by atoms with Gasteiger partial charge in [-0.1, -0.05) is 0 Å². The molecule has 0 aliphatic heterocycles. The molecule has 1 rings (SSSR count). The SMILES string of the molecule is CC(C)(C)OC(=O)[C@H]1C[C@@H]1CCO. The van der Waals surface area contributed by atoms with Crippen molar-refractivity contribution in [1.82, 2.24) is 0 Å². The zero-order valence-electron chi connectivity index (χ0n) is 8.54. The predicted octanol–water partition coefficient (Wildman–Crippen LogP) is 1.35. The quantitative estimate of drug-likeness (QED) is 0.677. The summed E-state index contributed by atoms with van der Waals surface area (Å²) in [5.41, 5.74) is -0.385. The third kappa shape index (κ3) is 3.35. The molecule has 0 amide bonds. The van der Waals surface area contributed by atoms with E-state index in [9.17, 15) is 4.79 Å². The fraction of sp³-hybridized carbons (Fsp3) is 0.900. The maximum absolute atomic E-state index is 11.4. The Labute approximate surface area is 79.1 Å². The maximum atomic E-state index is 11.4. The Morgan fingerprint density at radius 2 is 2.15 bits per heavy atom. The van der Waals surface area contributed by atoms with E-state index in [0.717, 1.165) is 12.8 Å². The standard InChI is InChI=1S/C10H18O3/c1-10(2,3)13-9(12)8-6-7(8)4-5-11/h7-8,11H,4-6H2,1-3H3/t7-,8-/m0/s1. The predicted molar refractivity (Wildman–Crippen MR) is 49.1 cm³/mol. The molecule has 2 atom stereocenters. The van der Waals surface area contributed by atoms with Crippen molar-refractivity contribution in [3.8, 4) is 0 Å². The molecule has 3 nitrogen and oxygen atoms in total. The highest BCUT2D eigenvalue weighted by atomic mass is 16.6. The molecule has 1 aliphatic rings.